The third-order valence-corrected chi connectivity index (χ3v) is 8.68. The highest BCUT2D eigenvalue weighted by molar-refractivity contribution is 8.00. The number of nitrogens with zero attached hydrogens (tertiary/aromatic N) is 5. The zero-order valence-corrected chi connectivity index (χ0v) is 22.7. The first-order valence-electron chi connectivity index (χ1n) is 10.7. The molecule has 0 spiro atoms. The van der Waals surface area contributed by atoms with E-state index in [0.717, 1.165) is 27.5 Å². The molecule has 2 aliphatic rings. The maximum Gasteiger partial charge on any atom is 0.278 e. The summed E-state index contributed by atoms with van der Waals surface area (Å²) in [4.78, 5) is 49.6. The first-order valence-corrected chi connectivity index (χ1v) is 13.8. The summed E-state index contributed by atoms with van der Waals surface area (Å²) in [6, 6.07) is 5.08. The molecule has 3 N–H and O–H groups in total. The van der Waals surface area contributed by atoms with Crippen molar-refractivity contribution in [2.45, 2.75) is 11.4 Å². The molecule has 1 fully saturated rings. The molecule has 0 unspecified atom stereocenters. The van der Waals surface area contributed by atoms with Crippen molar-refractivity contribution in [2.75, 3.05) is 18.6 Å². The number of hydrogen-bond acceptors (Lipinski definition) is 12. The standard InChI is InChI=1S/C22H19N7O4S4/c1-28-5-3-4-10(7-28)11-6-13(35-8-11)12-9-36-20-15(19(31)29(20)16(12)21(32)34)24-18(30)14(26-33-2)17-25-22(23)37-27-17/h3-8,15,20H,9H2,1-2H3,(H3-,23,24,25,27,30,32,34)/b26-14-/t15-,20-/m1/s1. The first-order chi connectivity index (χ1) is 17.8. The molecule has 190 valence electrons. The number of pyridine rings is 1. The predicted octanol–water partition coefficient (Wildman–Crippen LogP) is 0.909. The van der Waals surface area contributed by atoms with E-state index in [9.17, 15) is 14.4 Å². The van der Waals surface area contributed by atoms with Gasteiger partial charge in [0.05, 0.1) is 10.8 Å². The predicted molar refractivity (Wildman–Crippen MR) is 143 cm³/mol. The summed E-state index contributed by atoms with van der Waals surface area (Å²) in [6.07, 6.45) is 3.96. The summed E-state index contributed by atoms with van der Waals surface area (Å²) in [5.74, 6) is -0.695. The van der Waals surface area contributed by atoms with E-state index in [4.69, 9.17) is 23.2 Å². The number of amides is 2. The Balaban J connectivity index is 1.39. The smallest absolute Gasteiger partial charge is 0.278 e. The van der Waals surface area contributed by atoms with Gasteiger partial charge in [-0.1, -0.05) is 5.16 Å². The van der Waals surface area contributed by atoms with Gasteiger partial charge >= 0.3 is 0 Å². The van der Waals surface area contributed by atoms with Crippen molar-refractivity contribution < 1.29 is 23.8 Å². The molecule has 3 aromatic rings. The summed E-state index contributed by atoms with van der Waals surface area (Å²) in [7, 11) is 3.22. The molecular weight excluding hydrogens is 555 g/mol. The molecule has 2 atom stereocenters. The molecule has 5 rings (SSSR count). The number of thiophene rings is 1. The lowest BCUT2D eigenvalue weighted by Gasteiger charge is -2.50. The van der Waals surface area contributed by atoms with Crippen LogP contribution in [0.4, 0.5) is 5.13 Å². The van der Waals surface area contributed by atoms with Crippen LogP contribution in [0.2, 0.25) is 0 Å². The number of carbonyl (C=O) groups is 3. The van der Waals surface area contributed by atoms with E-state index >= 15 is 0 Å². The largest absolute Gasteiger partial charge is 0.735 e. The molecule has 11 nitrogen and oxygen atoms in total. The molecule has 2 aliphatic heterocycles. The molecule has 0 saturated carbocycles. The Hall–Kier alpha value is -3.40. The minimum Gasteiger partial charge on any atom is -0.735 e. The van der Waals surface area contributed by atoms with Gasteiger partial charge in [0.1, 0.15) is 25.6 Å². The van der Waals surface area contributed by atoms with Gasteiger partial charge in [-0.15, -0.1) is 23.1 Å². The van der Waals surface area contributed by atoms with Gasteiger partial charge in [-0.25, -0.2) is 4.57 Å². The lowest BCUT2D eigenvalue weighted by atomic mass is 10.0. The molecule has 3 aromatic heterocycles. The van der Waals surface area contributed by atoms with Crippen LogP contribution in [0.25, 0.3) is 16.7 Å². The second kappa shape index (κ2) is 10.2. The van der Waals surface area contributed by atoms with E-state index in [1.54, 1.807) is 0 Å². The molecule has 37 heavy (non-hydrogen) atoms. The number of oxime groups is 1. The number of rotatable bonds is 7. The summed E-state index contributed by atoms with van der Waals surface area (Å²) in [5, 5.41) is 7.40. The Bertz CT molecular complexity index is 1480. The van der Waals surface area contributed by atoms with Gasteiger partial charge < -0.3 is 33.3 Å². The topological polar surface area (TPSA) is 144 Å². The number of β-lactam (4-membered cyclic amide) rings is 1. The average Bonchev–Trinajstić information content (AvgIpc) is 3.54. The van der Waals surface area contributed by atoms with Crippen molar-refractivity contribution in [3.8, 4) is 11.1 Å². The van der Waals surface area contributed by atoms with Gasteiger partial charge in [0.2, 0.25) is 11.5 Å². The third-order valence-electron chi connectivity index (χ3n) is 5.67. The van der Waals surface area contributed by atoms with Crippen LogP contribution in [0.3, 0.4) is 0 Å². The van der Waals surface area contributed by atoms with Gasteiger partial charge in [0.25, 0.3) is 11.8 Å². The van der Waals surface area contributed by atoms with Gasteiger partial charge in [0.15, 0.2) is 17.5 Å². The van der Waals surface area contributed by atoms with Crippen LogP contribution in [0.15, 0.2) is 46.8 Å². The summed E-state index contributed by atoms with van der Waals surface area (Å²) >= 11 is 8.86. The highest BCUT2D eigenvalue weighted by Crippen LogP contribution is 2.45. The molecular formula is C22H19N7O4S4. The minimum absolute atomic E-state index is 0.00843. The fraction of sp³-hybridized carbons (Fsp3) is 0.227. The Kier molecular flexibility index (Phi) is 6.94. The van der Waals surface area contributed by atoms with Crippen LogP contribution in [0.1, 0.15) is 10.7 Å². The quantitative estimate of drug-likeness (QED) is 0.139. The minimum atomic E-state index is -0.885. The summed E-state index contributed by atoms with van der Waals surface area (Å²) < 4.78 is 5.94. The van der Waals surface area contributed by atoms with Crippen LogP contribution < -0.4 is 15.6 Å². The number of fused-ring (bicyclic) bond motifs is 1. The van der Waals surface area contributed by atoms with E-state index in [2.05, 4.69) is 19.8 Å². The van der Waals surface area contributed by atoms with Crippen molar-refractivity contribution in [3.05, 3.63) is 52.4 Å². The monoisotopic (exact) mass is 573 g/mol. The zero-order valence-electron chi connectivity index (χ0n) is 19.4. The molecule has 15 heteroatoms. The van der Waals surface area contributed by atoms with Crippen LogP contribution in [-0.2, 0) is 38.9 Å². The maximum atomic E-state index is 13.2. The Labute approximate surface area is 229 Å². The number of aromatic nitrogens is 3. The van der Waals surface area contributed by atoms with E-state index in [1.165, 1.54) is 35.1 Å². The lowest BCUT2D eigenvalue weighted by molar-refractivity contribution is -0.671. The molecule has 0 radical (unpaired) electrons. The van der Waals surface area contributed by atoms with Crippen molar-refractivity contribution in [1.82, 2.24) is 19.6 Å². The SMILES string of the molecule is CO/N=C(\C(=O)N[C@@H]1C(=O)N2C(C(=O)[S-])=C(c3cc(-c4ccc[n+](C)c4)cs3)CS[C@H]12)c1nsc(N)n1. The first kappa shape index (κ1) is 25.3. The number of aryl methyl sites for hydroxylation is 1. The Morgan fingerprint density at radius 2 is 2.19 bits per heavy atom. The van der Waals surface area contributed by atoms with E-state index in [0.29, 0.717) is 11.3 Å². The second-order valence-corrected chi connectivity index (χ2v) is 11.2. The van der Waals surface area contributed by atoms with Crippen molar-refractivity contribution in [1.29, 1.82) is 0 Å². The number of carbonyl (C=O) groups excluding carboxylic acids is 3. The van der Waals surface area contributed by atoms with Crippen molar-refractivity contribution in [3.63, 3.8) is 0 Å². The Morgan fingerprint density at radius 3 is 2.86 bits per heavy atom. The van der Waals surface area contributed by atoms with Crippen molar-refractivity contribution >= 4 is 80.6 Å². The van der Waals surface area contributed by atoms with E-state index < -0.39 is 28.3 Å². The van der Waals surface area contributed by atoms with E-state index in [-0.39, 0.29) is 22.4 Å². The average molecular weight is 574 g/mol. The molecule has 5 heterocycles. The number of nitrogens with one attached hydrogen (secondary N) is 1. The summed E-state index contributed by atoms with van der Waals surface area (Å²) in [5.41, 5.74) is 8.34. The second-order valence-electron chi connectivity index (χ2n) is 8.01. The van der Waals surface area contributed by atoms with Crippen LogP contribution >= 0.6 is 34.6 Å². The number of anilines is 1. The summed E-state index contributed by atoms with van der Waals surface area (Å²) in [6.45, 7) is 0. The highest BCUT2D eigenvalue weighted by atomic mass is 32.2. The fourth-order valence-electron chi connectivity index (χ4n) is 4.02. The highest BCUT2D eigenvalue weighted by Gasteiger charge is 2.53. The van der Waals surface area contributed by atoms with Crippen LogP contribution in [0.5, 0.6) is 0 Å². The van der Waals surface area contributed by atoms with Crippen LogP contribution in [0, 0.1) is 0 Å². The molecule has 0 aliphatic carbocycles. The molecule has 0 aromatic carbocycles. The van der Waals surface area contributed by atoms with Gasteiger partial charge in [0, 0.05) is 39.4 Å². The molecule has 2 amide bonds. The van der Waals surface area contributed by atoms with Crippen molar-refractivity contribution in [2.24, 2.45) is 12.2 Å². The van der Waals surface area contributed by atoms with E-state index in [1.807, 2.05) is 47.6 Å². The third kappa shape index (κ3) is 4.70. The normalized spacial score (nSPS) is 19.4. The fourth-order valence-corrected chi connectivity index (χ4v) is 7.09. The maximum absolute atomic E-state index is 13.2. The number of hydrogen-bond donors (Lipinski definition) is 2. The van der Waals surface area contributed by atoms with Gasteiger partial charge in [-0.3, -0.25) is 14.5 Å². The number of nitrogens with two attached hydrogens (primary N) is 1. The van der Waals surface area contributed by atoms with Gasteiger partial charge in [-0.2, -0.15) is 9.36 Å². The lowest BCUT2D eigenvalue weighted by Crippen LogP contribution is -2.70. The molecule has 0 bridgehead atoms. The Morgan fingerprint density at radius 1 is 1.38 bits per heavy atom. The zero-order chi connectivity index (χ0) is 26.3. The van der Waals surface area contributed by atoms with Crippen LogP contribution in [-0.4, -0.2) is 61.2 Å². The number of nitrogen functional groups attached to an aromatic ring is 1. The molecule has 1 saturated heterocycles. The van der Waals surface area contributed by atoms with Gasteiger partial charge in [-0.05, 0) is 23.1 Å². The number of thioether (sulfide) groups is 1.